The molecule has 0 spiro atoms. The van der Waals surface area contributed by atoms with Crippen LogP contribution in [0.2, 0.25) is 0 Å². The third kappa shape index (κ3) is 3.53. The van der Waals surface area contributed by atoms with Gasteiger partial charge in [-0.2, -0.15) is 0 Å². The minimum atomic E-state index is -0.0524. The summed E-state index contributed by atoms with van der Waals surface area (Å²) in [7, 11) is 0. The van der Waals surface area contributed by atoms with Crippen molar-refractivity contribution in [3.63, 3.8) is 0 Å². The molecular formula is C17H25N3O2. The molecule has 5 heteroatoms. The van der Waals surface area contributed by atoms with E-state index in [1.807, 2.05) is 12.1 Å². The maximum absolute atomic E-state index is 12.3. The predicted molar refractivity (Wildman–Crippen MR) is 88.3 cm³/mol. The number of carbonyl (C=O) groups excluding carboxylic acids is 1. The van der Waals surface area contributed by atoms with Gasteiger partial charge in [0.25, 0.3) is 0 Å². The molecule has 1 atom stereocenters. The van der Waals surface area contributed by atoms with Crippen molar-refractivity contribution < 1.29 is 9.53 Å². The largest absolute Gasteiger partial charge is 0.377 e. The Hall–Kier alpha value is -1.75. The molecule has 0 aliphatic carbocycles. The Labute approximate surface area is 132 Å². The van der Waals surface area contributed by atoms with Crippen LogP contribution >= 0.6 is 0 Å². The average molecular weight is 303 g/mol. The number of nitrogens with one attached hydrogen (secondary N) is 2. The van der Waals surface area contributed by atoms with Gasteiger partial charge in [0, 0.05) is 25.2 Å². The maximum atomic E-state index is 12.3. The van der Waals surface area contributed by atoms with Crippen LogP contribution in [0.25, 0.3) is 0 Å². The second kappa shape index (κ2) is 6.16. The number of hydrogen-bond donors (Lipinski definition) is 2. The summed E-state index contributed by atoms with van der Waals surface area (Å²) in [6.07, 6.45) is 2.33. The highest BCUT2D eigenvalue weighted by Crippen LogP contribution is 2.33. The van der Waals surface area contributed by atoms with Crippen LogP contribution in [0.1, 0.15) is 26.7 Å². The highest BCUT2D eigenvalue weighted by Gasteiger charge is 2.30. The van der Waals surface area contributed by atoms with Crippen LogP contribution in [0, 0.1) is 0 Å². The molecule has 22 heavy (non-hydrogen) atoms. The fraction of sp³-hybridized carbons (Fsp3) is 0.588. The Morgan fingerprint density at radius 2 is 2.27 bits per heavy atom. The molecule has 0 radical (unpaired) electrons. The Bertz CT molecular complexity index is 538. The average Bonchev–Trinajstić information content (AvgIpc) is 2.97. The zero-order chi connectivity index (χ0) is 15.6. The Morgan fingerprint density at radius 1 is 1.45 bits per heavy atom. The van der Waals surface area contributed by atoms with Gasteiger partial charge >= 0.3 is 0 Å². The van der Waals surface area contributed by atoms with Crippen molar-refractivity contribution in [3.05, 3.63) is 24.3 Å². The lowest BCUT2D eigenvalue weighted by Crippen LogP contribution is -2.51. The van der Waals surface area contributed by atoms with Gasteiger partial charge < -0.3 is 20.3 Å². The zero-order valence-electron chi connectivity index (χ0n) is 13.4. The molecule has 120 valence electrons. The number of benzene rings is 1. The number of ether oxygens (including phenoxy) is 1. The van der Waals surface area contributed by atoms with Gasteiger partial charge in [-0.15, -0.1) is 0 Å². The van der Waals surface area contributed by atoms with Crippen LogP contribution in [0.5, 0.6) is 0 Å². The first-order valence-corrected chi connectivity index (χ1v) is 8.04. The maximum Gasteiger partial charge on any atom is 0.239 e. The molecule has 2 N–H and O–H groups in total. The Balaban J connectivity index is 1.62. The Morgan fingerprint density at radius 3 is 3.05 bits per heavy atom. The van der Waals surface area contributed by atoms with E-state index < -0.39 is 0 Å². The van der Waals surface area contributed by atoms with Crippen molar-refractivity contribution in [3.8, 4) is 0 Å². The number of anilines is 2. The Kier molecular flexibility index (Phi) is 4.25. The number of amides is 1. The first-order valence-electron chi connectivity index (χ1n) is 8.04. The lowest BCUT2D eigenvalue weighted by Gasteiger charge is -2.41. The van der Waals surface area contributed by atoms with Crippen molar-refractivity contribution >= 4 is 17.3 Å². The normalized spacial score (nSPS) is 22.8. The van der Waals surface area contributed by atoms with Gasteiger partial charge in [0.05, 0.1) is 24.0 Å². The first kappa shape index (κ1) is 15.2. The van der Waals surface area contributed by atoms with Crippen molar-refractivity contribution in [1.29, 1.82) is 0 Å². The predicted octanol–water partition coefficient (Wildman–Crippen LogP) is 1.99. The molecule has 1 saturated heterocycles. The smallest absolute Gasteiger partial charge is 0.239 e. The molecule has 2 heterocycles. The topological polar surface area (TPSA) is 53.6 Å². The second-order valence-electron chi connectivity index (χ2n) is 6.82. The number of nitrogens with zero attached hydrogens (tertiary/aromatic N) is 1. The van der Waals surface area contributed by atoms with Gasteiger partial charge in [0.15, 0.2) is 0 Å². The quantitative estimate of drug-likeness (QED) is 0.893. The molecule has 0 saturated carbocycles. The first-order chi connectivity index (χ1) is 10.5. The third-order valence-corrected chi connectivity index (χ3v) is 4.19. The number of hydrogen-bond acceptors (Lipinski definition) is 4. The molecule has 2 aliphatic rings. The highest BCUT2D eigenvalue weighted by atomic mass is 16.5. The van der Waals surface area contributed by atoms with E-state index in [2.05, 4.69) is 41.5 Å². The molecule has 1 unspecified atom stereocenters. The number of para-hydroxylation sites is 2. The van der Waals surface area contributed by atoms with Crippen molar-refractivity contribution in [2.45, 2.75) is 38.3 Å². The summed E-state index contributed by atoms with van der Waals surface area (Å²) in [5.41, 5.74) is 2.13. The van der Waals surface area contributed by atoms with Gasteiger partial charge in [0.2, 0.25) is 5.91 Å². The standard InChI is InChI=1S/C17H25N3O2/c1-17(2)12-20(15-8-4-3-7-14(15)19-17)11-16(21)18-10-13-6-5-9-22-13/h3-4,7-8,13,19H,5-6,9-12H2,1-2H3,(H,18,21). The lowest BCUT2D eigenvalue weighted by atomic mass is 9.99. The van der Waals surface area contributed by atoms with E-state index >= 15 is 0 Å². The van der Waals surface area contributed by atoms with Gasteiger partial charge in [-0.3, -0.25) is 4.79 Å². The summed E-state index contributed by atoms with van der Waals surface area (Å²) in [4.78, 5) is 14.4. The molecule has 2 aliphatic heterocycles. The molecular weight excluding hydrogens is 278 g/mol. The summed E-state index contributed by atoms with van der Waals surface area (Å²) >= 11 is 0. The van der Waals surface area contributed by atoms with Gasteiger partial charge in [-0.05, 0) is 38.8 Å². The molecule has 1 aromatic carbocycles. The fourth-order valence-corrected chi connectivity index (χ4v) is 3.22. The van der Waals surface area contributed by atoms with Crippen LogP contribution in [0.4, 0.5) is 11.4 Å². The monoisotopic (exact) mass is 303 g/mol. The summed E-state index contributed by atoms with van der Waals surface area (Å²) in [6, 6.07) is 8.15. The number of rotatable bonds is 4. The number of carbonyl (C=O) groups is 1. The molecule has 0 bridgehead atoms. The fourth-order valence-electron chi connectivity index (χ4n) is 3.22. The molecule has 1 amide bonds. The van der Waals surface area contributed by atoms with E-state index in [9.17, 15) is 4.79 Å². The van der Waals surface area contributed by atoms with Crippen molar-refractivity contribution in [2.75, 3.05) is 36.5 Å². The van der Waals surface area contributed by atoms with Crippen molar-refractivity contribution in [1.82, 2.24) is 5.32 Å². The lowest BCUT2D eigenvalue weighted by molar-refractivity contribution is -0.120. The summed E-state index contributed by atoms with van der Waals surface area (Å²) in [6.45, 7) is 6.93. The van der Waals surface area contributed by atoms with E-state index in [-0.39, 0.29) is 17.6 Å². The molecule has 3 rings (SSSR count). The second-order valence-corrected chi connectivity index (χ2v) is 6.82. The van der Waals surface area contributed by atoms with Crippen LogP contribution in [-0.4, -0.2) is 43.8 Å². The zero-order valence-corrected chi connectivity index (χ0v) is 13.4. The summed E-state index contributed by atoms with van der Waals surface area (Å²) in [5.74, 6) is 0.0583. The van der Waals surface area contributed by atoms with Crippen LogP contribution in [0.15, 0.2) is 24.3 Å². The minimum Gasteiger partial charge on any atom is -0.377 e. The highest BCUT2D eigenvalue weighted by molar-refractivity contribution is 5.84. The van der Waals surface area contributed by atoms with Crippen LogP contribution in [-0.2, 0) is 9.53 Å². The molecule has 5 nitrogen and oxygen atoms in total. The molecule has 1 fully saturated rings. The van der Waals surface area contributed by atoms with Gasteiger partial charge in [0.1, 0.15) is 0 Å². The SMILES string of the molecule is CC1(C)CN(CC(=O)NCC2CCCO2)c2ccccc2N1. The van der Waals surface area contributed by atoms with Crippen LogP contribution in [0.3, 0.4) is 0 Å². The van der Waals surface area contributed by atoms with E-state index in [1.165, 1.54) is 0 Å². The summed E-state index contributed by atoms with van der Waals surface area (Å²) in [5, 5.41) is 6.53. The van der Waals surface area contributed by atoms with Crippen molar-refractivity contribution in [2.24, 2.45) is 0 Å². The number of fused-ring (bicyclic) bond motifs is 1. The van der Waals surface area contributed by atoms with E-state index in [1.54, 1.807) is 0 Å². The van der Waals surface area contributed by atoms with Gasteiger partial charge in [-0.1, -0.05) is 12.1 Å². The van der Waals surface area contributed by atoms with E-state index in [4.69, 9.17) is 4.74 Å². The van der Waals surface area contributed by atoms with E-state index in [0.29, 0.717) is 13.1 Å². The van der Waals surface area contributed by atoms with E-state index in [0.717, 1.165) is 37.4 Å². The van der Waals surface area contributed by atoms with Gasteiger partial charge in [-0.25, -0.2) is 0 Å². The summed E-state index contributed by atoms with van der Waals surface area (Å²) < 4.78 is 5.54. The minimum absolute atomic E-state index is 0.0524. The van der Waals surface area contributed by atoms with Crippen LogP contribution < -0.4 is 15.5 Å². The molecule has 0 aromatic heterocycles. The third-order valence-electron chi connectivity index (χ3n) is 4.19. The molecule has 1 aromatic rings.